The molecule has 0 aliphatic rings. The molecule has 2 aromatic carbocycles. The number of benzene rings is 2. The van der Waals surface area contributed by atoms with E-state index in [1.165, 1.54) is 0 Å². The van der Waals surface area contributed by atoms with Gasteiger partial charge in [-0.05, 0) is 44.2 Å². The van der Waals surface area contributed by atoms with Crippen molar-refractivity contribution in [2.24, 2.45) is 0 Å². The molecular formula is C18H20N2O3. The van der Waals surface area contributed by atoms with Gasteiger partial charge < -0.3 is 15.4 Å². The first-order valence-corrected chi connectivity index (χ1v) is 7.36. The fourth-order valence-corrected chi connectivity index (χ4v) is 2.00. The normalized spacial score (nSPS) is 11.4. The minimum absolute atomic E-state index is 0.204. The molecule has 1 unspecified atom stereocenters. The number of carbonyl (C=O) groups excluding carboxylic acids is 2. The smallest absolute Gasteiger partial charge is 0.265 e. The second-order valence-corrected chi connectivity index (χ2v) is 5.22. The quantitative estimate of drug-likeness (QED) is 0.892. The summed E-state index contributed by atoms with van der Waals surface area (Å²) in [5.74, 6) is 0.155. The molecule has 0 heterocycles. The lowest BCUT2D eigenvalue weighted by Gasteiger charge is -2.15. The molecule has 0 aliphatic heterocycles. The lowest BCUT2D eigenvalue weighted by atomic mass is 10.2. The summed E-state index contributed by atoms with van der Waals surface area (Å²) in [5.41, 5.74) is 2.16. The number of amides is 2. The van der Waals surface area contributed by atoms with Gasteiger partial charge in [-0.1, -0.05) is 23.8 Å². The zero-order valence-electron chi connectivity index (χ0n) is 13.4. The number of carbonyl (C=O) groups is 2. The van der Waals surface area contributed by atoms with E-state index in [9.17, 15) is 9.59 Å². The molecule has 0 fully saturated rings. The topological polar surface area (TPSA) is 67.4 Å². The van der Waals surface area contributed by atoms with Gasteiger partial charge in [0, 0.05) is 18.3 Å². The molecular weight excluding hydrogens is 292 g/mol. The summed E-state index contributed by atoms with van der Waals surface area (Å²) in [7, 11) is 1.56. The van der Waals surface area contributed by atoms with E-state index in [1.807, 2.05) is 31.2 Å². The minimum Gasteiger partial charge on any atom is -0.481 e. The molecule has 0 radical (unpaired) electrons. The average molecular weight is 312 g/mol. The van der Waals surface area contributed by atoms with Crippen LogP contribution in [0.2, 0.25) is 0 Å². The van der Waals surface area contributed by atoms with Gasteiger partial charge in [0.05, 0.1) is 0 Å². The van der Waals surface area contributed by atoms with Crippen molar-refractivity contribution < 1.29 is 14.3 Å². The third-order valence-electron chi connectivity index (χ3n) is 3.32. The fraction of sp³-hybridized carbons (Fsp3) is 0.222. The Morgan fingerprint density at radius 1 is 1.09 bits per heavy atom. The van der Waals surface area contributed by atoms with E-state index >= 15 is 0 Å². The summed E-state index contributed by atoms with van der Waals surface area (Å²) in [6.45, 7) is 3.66. The van der Waals surface area contributed by atoms with Crippen LogP contribution in [0.3, 0.4) is 0 Å². The maximum atomic E-state index is 12.2. The Kier molecular flexibility index (Phi) is 5.36. The number of ether oxygens (including phenoxy) is 1. The number of nitrogens with one attached hydrogen (secondary N) is 2. The van der Waals surface area contributed by atoms with Gasteiger partial charge in [-0.25, -0.2) is 0 Å². The van der Waals surface area contributed by atoms with Crippen LogP contribution >= 0.6 is 0 Å². The lowest BCUT2D eigenvalue weighted by molar-refractivity contribution is -0.122. The molecule has 2 rings (SSSR count). The monoisotopic (exact) mass is 312 g/mol. The van der Waals surface area contributed by atoms with E-state index in [0.717, 1.165) is 5.56 Å². The van der Waals surface area contributed by atoms with Crippen LogP contribution in [0.1, 0.15) is 22.8 Å². The van der Waals surface area contributed by atoms with Crippen molar-refractivity contribution in [2.45, 2.75) is 20.0 Å². The summed E-state index contributed by atoms with van der Waals surface area (Å²) >= 11 is 0. The molecule has 1 atom stereocenters. The van der Waals surface area contributed by atoms with Gasteiger partial charge in [-0.15, -0.1) is 0 Å². The maximum absolute atomic E-state index is 12.2. The summed E-state index contributed by atoms with van der Waals surface area (Å²) in [6.07, 6.45) is -0.652. The number of rotatable bonds is 5. The van der Waals surface area contributed by atoms with Crippen molar-refractivity contribution in [2.75, 3.05) is 12.4 Å². The molecule has 2 amide bonds. The van der Waals surface area contributed by atoms with Gasteiger partial charge >= 0.3 is 0 Å². The second kappa shape index (κ2) is 7.45. The fourth-order valence-electron chi connectivity index (χ4n) is 2.00. The highest BCUT2D eigenvalue weighted by molar-refractivity contribution is 5.98. The summed E-state index contributed by atoms with van der Waals surface area (Å²) < 4.78 is 5.61. The van der Waals surface area contributed by atoms with Crippen LogP contribution in [0, 0.1) is 6.92 Å². The molecule has 0 saturated carbocycles. The van der Waals surface area contributed by atoms with Crippen molar-refractivity contribution >= 4 is 17.5 Å². The van der Waals surface area contributed by atoms with E-state index in [0.29, 0.717) is 17.0 Å². The van der Waals surface area contributed by atoms with Gasteiger partial charge in [0.1, 0.15) is 5.75 Å². The minimum atomic E-state index is -0.652. The largest absolute Gasteiger partial charge is 0.481 e. The van der Waals surface area contributed by atoms with Gasteiger partial charge in [-0.2, -0.15) is 0 Å². The zero-order chi connectivity index (χ0) is 16.8. The van der Waals surface area contributed by atoms with Crippen molar-refractivity contribution in [1.29, 1.82) is 0 Å². The van der Waals surface area contributed by atoms with E-state index in [2.05, 4.69) is 10.6 Å². The van der Waals surface area contributed by atoms with E-state index in [-0.39, 0.29) is 11.8 Å². The number of hydrogen-bond donors (Lipinski definition) is 2. The molecule has 5 nitrogen and oxygen atoms in total. The highest BCUT2D eigenvalue weighted by atomic mass is 16.5. The Hall–Kier alpha value is -2.82. The van der Waals surface area contributed by atoms with Crippen LogP contribution in [0.4, 0.5) is 5.69 Å². The van der Waals surface area contributed by atoms with Gasteiger partial charge in [0.2, 0.25) is 0 Å². The Morgan fingerprint density at radius 2 is 1.78 bits per heavy atom. The molecule has 0 bridgehead atoms. The van der Waals surface area contributed by atoms with Gasteiger partial charge in [0.25, 0.3) is 11.8 Å². The summed E-state index contributed by atoms with van der Waals surface area (Å²) in [5, 5.41) is 5.29. The van der Waals surface area contributed by atoms with Crippen LogP contribution in [0.15, 0.2) is 48.5 Å². The van der Waals surface area contributed by atoms with Crippen molar-refractivity contribution in [3.8, 4) is 5.75 Å². The van der Waals surface area contributed by atoms with Crippen LogP contribution in [-0.2, 0) is 4.79 Å². The Labute approximate surface area is 135 Å². The third-order valence-corrected chi connectivity index (χ3v) is 3.32. The molecule has 0 saturated heterocycles. The van der Waals surface area contributed by atoms with Crippen LogP contribution < -0.4 is 15.4 Å². The van der Waals surface area contributed by atoms with Gasteiger partial charge in [-0.3, -0.25) is 9.59 Å². The van der Waals surface area contributed by atoms with Crippen LogP contribution in [0.5, 0.6) is 5.75 Å². The van der Waals surface area contributed by atoms with Crippen molar-refractivity contribution in [3.63, 3.8) is 0 Å². The Balaban J connectivity index is 2.00. The maximum Gasteiger partial charge on any atom is 0.265 e. The van der Waals surface area contributed by atoms with Crippen LogP contribution in [0.25, 0.3) is 0 Å². The molecule has 23 heavy (non-hydrogen) atoms. The molecule has 0 spiro atoms. The number of aryl methyl sites for hydroxylation is 1. The Bertz CT molecular complexity index is 696. The van der Waals surface area contributed by atoms with Crippen molar-refractivity contribution in [1.82, 2.24) is 5.32 Å². The summed E-state index contributed by atoms with van der Waals surface area (Å²) in [4.78, 5) is 23.8. The first kappa shape index (κ1) is 16.5. The number of anilines is 1. The molecule has 5 heteroatoms. The second-order valence-electron chi connectivity index (χ2n) is 5.22. The van der Waals surface area contributed by atoms with E-state index in [4.69, 9.17) is 4.74 Å². The molecule has 2 aromatic rings. The standard InChI is InChI=1S/C18H20N2O3/c1-12-7-9-16(10-8-12)23-13(2)17(21)20-15-6-4-5-14(11-15)18(22)19-3/h4-11,13H,1-3H3,(H,19,22)(H,20,21). The highest BCUT2D eigenvalue weighted by Gasteiger charge is 2.15. The lowest BCUT2D eigenvalue weighted by Crippen LogP contribution is -2.30. The van der Waals surface area contributed by atoms with Crippen molar-refractivity contribution in [3.05, 3.63) is 59.7 Å². The third kappa shape index (κ3) is 4.57. The molecule has 120 valence electrons. The highest BCUT2D eigenvalue weighted by Crippen LogP contribution is 2.15. The Morgan fingerprint density at radius 3 is 2.43 bits per heavy atom. The zero-order valence-corrected chi connectivity index (χ0v) is 13.4. The summed E-state index contributed by atoms with van der Waals surface area (Å²) in [6, 6.07) is 14.2. The number of hydrogen-bond acceptors (Lipinski definition) is 3. The molecule has 0 aromatic heterocycles. The predicted molar refractivity (Wildman–Crippen MR) is 89.7 cm³/mol. The SMILES string of the molecule is CNC(=O)c1cccc(NC(=O)C(C)Oc2ccc(C)cc2)c1. The molecule has 0 aliphatic carbocycles. The average Bonchev–Trinajstić information content (AvgIpc) is 2.56. The van der Waals surface area contributed by atoms with E-state index < -0.39 is 6.10 Å². The van der Waals surface area contributed by atoms with Crippen LogP contribution in [-0.4, -0.2) is 25.0 Å². The first-order chi connectivity index (χ1) is 11.0. The van der Waals surface area contributed by atoms with Gasteiger partial charge in [0.15, 0.2) is 6.10 Å². The van der Waals surface area contributed by atoms with E-state index in [1.54, 1.807) is 38.2 Å². The molecule has 2 N–H and O–H groups in total. The first-order valence-electron chi connectivity index (χ1n) is 7.36. The predicted octanol–water partition coefficient (Wildman–Crippen LogP) is 2.76.